The molecular formula is C30H22F2N6O3S. The van der Waals surface area contributed by atoms with Gasteiger partial charge in [0.15, 0.2) is 0 Å². The summed E-state index contributed by atoms with van der Waals surface area (Å²) in [5.74, 6) is -2.12. The Morgan fingerprint density at radius 2 is 1.71 bits per heavy atom. The van der Waals surface area contributed by atoms with Crippen molar-refractivity contribution in [2.45, 2.75) is 11.4 Å². The maximum atomic E-state index is 14.3. The van der Waals surface area contributed by atoms with E-state index in [9.17, 15) is 17.2 Å². The van der Waals surface area contributed by atoms with Crippen LogP contribution in [0.1, 0.15) is 5.56 Å². The van der Waals surface area contributed by atoms with E-state index in [4.69, 9.17) is 4.74 Å². The third-order valence-electron chi connectivity index (χ3n) is 6.62. The quantitative estimate of drug-likeness (QED) is 0.245. The Bertz CT molecular complexity index is 2020. The number of aromatic nitrogens is 5. The lowest BCUT2D eigenvalue weighted by Gasteiger charge is -2.14. The number of hydrogen-bond donors (Lipinski definition) is 1. The van der Waals surface area contributed by atoms with Crippen molar-refractivity contribution in [1.82, 2.24) is 24.7 Å². The normalized spacial score (nSPS) is 11.5. The van der Waals surface area contributed by atoms with Crippen LogP contribution < -0.4 is 9.46 Å². The van der Waals surface area contributed by atoms with E-state index in [1.165, 1.54) is 13.4 Å². The number of fused-ring (bicyclic) bond motifs is 1. The molecule has 42 heavy (non-hydrogen) atoms. The zero-order valence-electron chi connectivity index (χ0n) is 22.1. The van der Waals surface area contributed by atoms with Crippen molar-refractivity contribution in [1.29, 1.82) is 0 Å². The highest BCUT2D eigenvalue weighted by molar-refractivity contribution is 7.92. The predicted molar refractivity (Wildman–Crippen MR) is 153 cm³/mol. The first kappa shape index (κ1) is 27.0. The van der Waals surface area contributed by atoms with E-state index in [1.54, 1.807) is 29.5 Å². The van der Waals surface area contributed by atoms with E-state index < -0.39 is 26.6 Å². The molecule has 6 rings (SSSR count). The Morgan fingerprint density at radius 3 is 2.45 bits per heavy atom. The Balaban J connectivity index is 1.35. The van der Waals surface area contributed by atoms with E-state index in [2.05, 4.69) is 24.8 Å². The summed E-state index contributed by atoms with van der Waals surface area (Å²) in [5, 5.41) is 5.03. The zero-order valence-corrected chi connectivity index (χ0v) is 22.9. The zero-order chi connectivity index (χ0) is 29.3. The minimum atomic E-state index is -4.42. The molecule has 0 unspecified atom stereocenters. The van der Waals surface area contributed by atoms with Crippen LogP contribution in [0.25, 0.3) is 33.2 Å². The van der Waals surface area contributed by atoms with Gasteiger partial charge in [-0.05, 0) is 58.7 Å². The van der Waals surface area contributed by atoms with Crippen molar-refractivity contribution in [2.24, 2.45) is 0 Å². The number of benzene rings is 3. The Hall–Kier alpha value is -5.23. The van der Waals surface area contributed by atoms with E-state index in [-0.39, 0.29) is 11.6 Å². The van der Waals surface area contributed by atoms with Crippen LogP contribution in [0, 0.1) is 11.6 Å². The fourth-order valence-corrected chi connectivity index (χ4v) is 5.72. The average molecular weight is 585 g/mol. The standard InChI is InChI=1S/C30H22F2N6O3S/c1-41-30-28(37-42(39,40)29-9-7-23(31)14-26(29)32)13-22(15-35-30)21-6-8-27-25(12-21)24(10-11-34-27)20-4-2-19(3-5-20)16-38-18-33-17-36-38/h2-15,17-18,37H,16H2,1H3. The summed E-state index contributed by atoms with van der Waals surface area (Å²) in [5.41, 5.74) is 5.11. The largest absolute Gasteiger partial charge is 0.480 e. The molecule has 0 fully saturated rings. The van der Waals surface area contributed by atoms with Crippen molar-refractivity contribution < 1.29 is 21.9 Å². The second kappa shape index (κ2) is 11.0. The maximum absolute atomic E-state index is 14.3. The van der Waals surface area contributed by atoms with Crippen LogP contribution in [0.4, 0.5) is 14.5 Å². The van der Waals surface area contributed by atoms with Crippen LogP contribution in [0.5, 0.6) is 5.88 Å². The molecule has 3 aromatic carbocycles. The van der Waals surface area contributed by atoms with E-state index in [0.29, 0.717) is 18.2 Å². The fraction of sp³-hybridized carbons (Fsp3) is 0.0667. The smallest absolute Gasteiger partial charge is 0.264 e. The van der Waals surface area contributed by atoms with Crippen LogP contribution in [0.3, 0.4) is 0 Å². The molecule has 3 heterocycles. The molecule has 12 heteroatoms. The lowest BCUT2D eigenvalue weighted by Crippen LogP contribution is -2.15. The Labute approximate surface area is 239 Å². The number of ether oxygens (including phenoxy) is 1. The molecule has 0 aliphatic carbocycles. The summed E-state index contributed by atoms with van der Waals surface area (Å²) < 4.78 is 62.9. The molecule has 0 bridgehead atoms. The molecule has 0 amide bonds. The van der Waals surface area contributed by atoms with E-state index in [0.717, 1.165) is 45.3 Å². The lowest BCUT2D eigenvalue weighted by atomic mass is 9.97. The van der Waals surface area contributed by atoms with E-state index in [1.807, 2.05) is 48.5 Å². The molecule has 6 aromatic rings. The second-order valence-electron chi connectivity index (χ2n) is 9.34. The minimum absolute atomic E-state index is 0.00629. The summed E-state index contributed by atoms with van der Waals surface area (Å²) in [6, 6.07) is 19.5. The number of methoxy groups -OCH3 is 1. The van der Waals surface area contributed by atoms with Gasteiger partial charge >= 0.3 is 0 Å². The number of rotatable bonds is 8. The molecule has 0 aliphatic rings. The van der Waals surface area contributed by atoms with Gasteiger partial charge in [-0.3, -0.25) is 9.71 Å². The lowest BCUT2D eigenvalue weighted by molar-refractivity contribution is 0.400. The van der Waals surface area contributed by atoms with Gasteiger partial charge in [0.1, 0.15) is 34.9 Å². The van der Waals surface area contributed by atoms with Crippen molar-refractivity contribution in [3.8, 4) is 28.1 Å². The van der Waals surface area contributed by atoms with Gasteiger partial charge in [-0.1, -0.05) is 30.3 Å². The first-order valence-corrected chi connectivity index (χ1v) is 14.1. The summed E-state index contributed by atoms with van der Waals surface area (Å²) in [6.07, 6.45) is 6.45. The minimum Gasteiger partial charge on any atom is -0.480 e. The summed E-state index contributed by atoms with van der Waals surface area (Å²) in [4.78, 5) is 12.0. The Morgan fingerprint density at radius 1 is 0.905 bits per heavy atom. The molecular weight excluding hydrogens is 562 g/mol. The van der Waals surface area contributed by atoms with Gasteiger partial charge in [0.25, 0.3) is 10.0 Å². The van der Waals surface area contributed by atoms with Crippen molar-refractivity contribution in [3.05, 3.63) is 115 Å². The Kier molecular flexibility index (Phi) is 7.05. The van der Waals surface area contributed by atoms with Gasteiger partial charge < -0.3 is 4.74 Å². The topological polar surface area (TPSA) is 112 Å². The maximum Gasteiger partial charge on any atom is 0.264 e. The molecule has 0 saturated heterocycles. The number of nitrogens with one attached hydrogen (secondary N) is 1. The fourth-order valence-electron chi connectivity index (χ4n) is 4.61. The molecule has 210 valence electrons. The van der Waals surface area contributed by atoms with Crippen molar-refractivity contribution in [2.75, 3.05) is 11.8 Å². The number of hydrogen-bond acceptors (Lipinski definition) is 7. The summed E-state index contributed by atoms with van der Waals surface area (Å²) in [7, 11) is -3.08. The van der Waals surface area contributed by atoms with Crippen LogP contribution in [-0.2, 0) is 16.6 Å². The number of sulfonamides is 1. The monoisotopic (exact) mass is 584 g/mol. The number of halogens is 2. The van der Waals surface area contributed by atoms with Gasteiger partial charge in [-0.25, -0.2) is 31.8 Å². The molecule has 9 nitrogen and oxygen atoms in total. The van der Waals surface area contributed by atoms with Crippen LogP contribution in [0.2, 0.25) is 0 Å². The SMILES string of the molecule is COc1ncc(-c2ccc3nccc(-c4ccc(Cn5cncn5)cc4)c3c2)cc1NS(=O)(=O)c1ccc(F)cc1F. The van der Waals surface area contributed by atoms with Crippen LogP contribution >= 0.6 is 0 Å². The molecule has 1 N–H and O–H groups in total. The first-order chi connectivity index (χ1) is 20.3. The molecule has 0 radical (unpaired) electrons. The predicted octanol–water partition coefficient (Wildman–Crippen LogP) is 5.69. The van der Waals surface area contributed by atoms with Crippen LogP contribution in [0.15, 0.2) is 103 Å². The van der Waals surface area contributed by atoms with Crippen molar-refractivity contribution >= 4 is 26.6 Å². The van der Waals surface area contributed by atoms with Gasteiger partial charge in [-0.15, -0.1) is 0 Å². The van der Waals surface area contributed by atoms with Gasteiger partial charge in [0.05, 0.1) is 19.2 Å². The summed E-state index contributed by atoms with van der Waals surface area (Å²) >= 11 is 0. The molecule has 0 aliphatic heterocycles. The first-order valence-electron chi connectivity index (χ1n) is 12.6. The molecule has 3 aromatic heterocycles. The average Bonchev–Trinajstić information content (AvgIpc) is 3.50. The second-order valence-corrected chi connectivity index (χ2v) is 11.0. The number of pyridine rings is 2. The molecule has 0 atom stereocenters. The molecule has 0 spiro atoms. The van der Waals surface area contributed by atoms with Crippen LogP contribution in [-0.4, -0.2) is 40.3 Å². The highest BCUT2D eigenvalue weighted by atomic mass is 32.2. The highest BCUT2D eigenvalue weighted by Gasteiger charge is 2.22. The van der Waals surface area contributed by atoms with Gasteiger partial charge in [0, 0.05) is 29.4 Å². The third-order valence-corrected chi connectivity index (χ3v) is 8.02. The summed E-state index contributed by atoms with van der Waals surface area (Å²) in [6.45, 7) is 0.603. The van der Waals surface area contributed by atoms with Gasteiger partial charge in [-0.2, -0.15) is 5.10 Å². The number of anilines is 1. The third kappa shape index (κ3) is 5.39. The molecule has 0 saturated carbocycles. The van der Waals surface area contributed by atoms with E-state index >= 15 is 0 Å². The number of nitrogens with zero attached hydrogens (tertiary/aromatic N) is 5. The van der Waals surface area contributed by atoms with Crippen molar-refractivity contribution in [3.63, 3.8) is 0 Å². The van der Waals surface area contributed by atoms with Gasteiger partial charge in [0.2, 0.25) is 5.88 Å². The highest BCUT2D eigenvalue weighted by Crippen LogP contribution is 2.34.